The first-order chi connectivity index (χ1) is 18.3. The first kappa shape index (κ1) is 34.7. The maximum Gasteiger partial charge on any atom is 0.311 e. The molecule has 0 amide bonds. The van der Waals surface area contributed by atoms with Crippen molar-refractivity contribution >= 4 is 33.5 Å². The van der Waals surface area contributed by atoms with Crippen molar-refractivity contribution in [2.45, 2.75) is 118 Å². The van der Waals surface area contributed by atoms with Crippen molar-refractivity contribution in [1.82, 2.24) is 0 Å². The standard InChI is InChI=1S/C31H52O5S2/c1-5-6-7-14-25-37-38-26-15-10-11-16-30(33)36-28-19-17-27(18-20-28)34-23-12-8-9-13-24-35-29(32)21-22-31(2,3)4/h17-20H,5-16,21-26H2,1-4H3. The summed E-state index contributed by atoms with van der Waals surface area (Å²) in [6.45, 7) is 9.78. The zero-order chi connectivity index (χ0) is 27.9. The number of unbranched alkanes of at least 4 members (excludes halogenated alkanes) is 8. The number of ether oxygens (including phenoxy) is 3. The Labute approximate surface area is 240 Å². The van der Waals surface area contributed by atoms with E-state index in [0.29, 0.717) is 31.8 Å². The van der Waals surface area contributed by atoms with Crippen LogP contribution in [0.15, 0.2) is 24.3 Å². The zero-order valence-corrected chi connectivity index (χ0v) is 26.0. The second-order valence-corrected chi connectivity index (χ2v) is 13.7. The van der Waals surface area contributed by atoms with Crippen LogP contribution in [0.5, 0.6) is 11.5 Å². The molecule has 0 aliphatic heterocycles. The highest BCUT2D eigenvalue weighted by atomic mass is 33.1. The normalized spacial score (nSPS) is 11.4. The van der Waals surface area contributed by atoms with Gasteiger partial charge in [0.15, 0.2) is 0 Å². The summed E-state index contributed by atoms with van der Waals surface area (Å²) in [6.07, 6.45) is 14.1. The van der Waals surface area contributed by atoms with Gasteiger partial charge in [-0.05, 0) is 81.0 Å². The van der Waals surface area contributed by atoms with E-state index in [9.17, 15) is 9.59 Å². The van der Waals surface area contributed by atoms with E-state index < -0.39 is 0 Å². The van der Waals surface area contributed by atoms with E-state index in [4.69, 9.17) is 14.2 Å². The van der Waals surface area contributed by atoms with Crippen LogP contribution in [0.4, 0.5) is 0 Å². The smallest absolute Gasteiger partial charge is 0.311 e. The van der Waals surface area contributed by atoms with Gasteiger partial charge in [-0.3, -0.25) is 9.59 Å². The van der Waals surface area contributed by atoms with E-state index >= 15 is 0 Å². The number of hydrogen-bond acceptors (Lipinski definition) is 7. The summed E-state index contributed by atoms with van der Waals surface area (Å²) in [5, 5.41) is 0. The second-order valence-electron chi connectivity index (χ2n) is 11.0. The fourth-order valence-corrected chi connectivity index (χ4v) is 5.88. The van der Waals surface area contributed by atoms with Gasteiger partial charge in [-0.25, -0.2) is 0 Å². The Hall–Kier alpha value is -1.34. The molecule has 7 heteroatoms. The van der Waals surface area contributed by atoms with Gasteiger partial charge in [0.2, 0.25) is 0 Å². The lowest BCUT2D eigenvalue weighted by Gasteiger charge is -2.16. The van der Waals surface area contributed by atoms with Gasteiger partial charge < -0.3 is 14.2 Å². The lowest BCUT2D eigenvalue weighted by molar-refractivity contribution is -0.144. The van der Waals surface area contributed by atoms with Crippen molar-refractivity contribution in [3.05, 3.63) is 24.3 Å². The van der Waals surface area contributed by atoms with E-state index in [2.05, 4.69) is 27.7 Å². The van der Waals surface area contributed by atoms with E-state index in [1.807, 2.05) is 33.7 Å². The molecule has 0 heterocycles. The first-order valence-electron chi connectivity index (χ1n) is 14.6. The van der Waals surface area contributed by atoms with E-state index in [0.717, 1.165) is 62.9 Å². The van der Waals surface area contributed by atoms with Crippen molar-refractivity contribution < 1.29 is 23.8 Å². The average molecular weight is 569 g/mol. The highest BCUT2D eigenvalue weighted by molar-refractivity contribution is 8.76. The van der Waals surface area contributed by atoms with Gasteiger partial charge in [0, 0.05) is 24.3 Å². The summed E-state index contributed by atoms with van der Waals surface area (Å²) in [4.78, 5) is 23.8. The fraction of sp³-hybridized carbons (Fsp3) is 0.742. The Morgan fingerprint density at radius 2 is 1.26 bits per heavy atom. The summed E-state index contributed by atoms with van der Waals surface area (Å²) >= 11 is 0. The van der Waals surface area contributed by atoms with Crippen LogP contribution in [0.25, 0.3) is 0 Å². The molecule has 0 aliphatic rings. The molecule has 38 heavy (non-hydrogen) atoms. The van der Waals surface area contributed by atoms with Gasteiger partial charge in [-0.2, -0.15) is 0 Å². The minimum Gasteiger partial charge on any atom is -0.494 e. The van der Waals surface area contributed by atoms with Gasteiger partial charge in [0.05, 0.1) is 13.2 Å². The largest absolute Gasteiger partial charge is 0.494 e. The Morgan fingerprint density at radius 1 is 0.684 bits per heavy atom. The Balaban J connectivity index is 1.99. The molecule has 0 saturated heterocycles. The van der Waals surface area contributed by atoms with Crippen LogP contribution in [-0.2, 0) is 14.3 Å². The molecule has 5 nitrogen and oxygen atoms in total. The molecule has 1 rings (SSSR count). The van der Waals surface area contributed by atoms with E-state index in [1.165, 1.54) is 31.4 Å². The van der Waals surface area contributed by atoms with Crippen LogP contribution in [-0.4, -0.2) is 36.7 Å². The Bertz CT molecular complexity index is 731. The monoisotopic (exact) mass is 568 g/mol. The van der Waals surface area contributed by atoms with Gasteiger partial charge >= 0.3 is 11.9 Å². The number of hydrogen-bond donors (Lipinski definition) is 0. The van der Waals surface area contributed by atoms with E-state index in [-0.39, 0.29) is 17.4 Å². The minimum atomic E-state index is -0.170. The topological polar surface area (TPSA) is 61.8 Å². The average Bonchev–Trinajstić information content (AvgIpc) is 2.88. The third kappa shape index (κ3) is 21.6. The van der Waals surface area contributed by atoms with Crippen molar-refractivity contribution in [2.75, 3.05) is 24.7 Å². The predicted molar refractivity (Wildman–Crippen MR) is 163 cm³/mol. The molecule has 0 aromatic heterocycles. The quantitative estimate of drug-likeness (QED) is 0.0564. The molecule has 218 valence electrons. The lowest BCUT2D eigenvalue weighted by atomic mass is 9.91. The summed E-state index contributed by atoms with van der Waals surface area (Å²) in [7, 11) is 3.94. The molecular formula is C31H52O5S2. The molecule has 0 bridgehead atoms. The number of benzene rings is 1. The third-order valence-corrected chi connectivity index (χ3v) is 8.56. The summed E-state index contributed by atoms with van der Waals surface area (Å²) in [6, 6.07) is 7.26. The summed E-state index contributed by atoms with van der Waals surface area (Å²) in [5.41, 5.74) is 0.161. The van der Waals surface area contributed by atoms with Crippen molar-refractivity contribution in [1.29, 1.82) is 0 Å². The number of carbonyl (C=O) groups is 2. The maximum atomic E-state index is 12.1. The molecule has 0 atom stereocenters. The maximum absolute atomic E-state index is 12.1. The van der Waals surface area contributed by atoms with E-state index in [1.54, 1.807) is 12.1 Å². The molecule has 1 aromatic carbocycles. The van der Waals surface area contributed by atoms with Crippen LogP contribution in [0.3, 0.4) is 0 Å². The zero-order valence-electron chi connectivity index (χ0n) is 24.4. The van der Waals surface area contributed by atoms with Crippen molar-refractivity contribution in [3.8, 4) is 11.5 Å². The fourth-order valence-electron chi connectivity index (χ4n) is 3.58. The highest BCUT2D eigenvalue weighted by Gasteiger charge is 2.13. The SMILES string of the molecule is CCCCCCSSCCCCCC(=O)Oc1ccc(OCCCCCCOC(=O)CCC(C)(C)C)cc1. The predicted octanol–water partition coefficient (Wildman–Crippen LogP) is 9.42. The molecule has 0 unspecified atom stereocenters. The minimum absolute atomic E-state index is 0.0927. The molecular weight excluding hydrogens is 516 g/mol. The van der Waals surface area contributed by atoms with Crippen molar-refractivity contribution in [2.24, 2.45) is 5.41 Å². The molecule has 0 radical (unpaired) electrons. The van der Waals surface area contributed by atoms with Crippen LogP contribution in [0.2, 0.25) is 0 Å². The highest BCUT2D eigenvalue weighted by Crippen LogP contribution is 2.25. The first-order valence-corrected chi connectivity index (χ1v) is 17.1. The van der Waals surface area contributed by atoms with Crippen LogP contribution >= 0.6 is 21.6 Å². The Kier molecular flexibility index (Phi) is 20.5. The van der Waals surface area contributed by atoms with Crippen LogP contribution < -0.4 is 9.47 Å². The molecule has 0 N–H and O–H groups in total. The van der Waals surface area contributed by atoms with Crippen LogP contribution in [0, 0.1) is 5.41 Å². The molecule has 0 saturated carbocycles. The lowest BCUT2D eigenvalue weighted by Crippen LogP contribution is -2.11. The van der Waals surface area contributed by atoms with Gasteiger partial charge in [0.25, 0.3) is 0 Å². The molecule has 1 aromatic rings. The van der Waals surface area contributed by atoms with Crippen LogP contribution in [0.1, 0.15) is 118 Å². The number of rotatable bonds is 23. The molecule has 0 aliphatic carbocycles. The summed E-state index contributed by atoms with van der Waals surface area (Å²) < 4.78 is 16.5. The van der Waals surface area contributed by atoms with Crippen molar-refractivity contribution in [3.63, 3.8) is 0 Å². The van der Waals surface area contributed by atoms with Gasteiger partial charge in [-0.1, -0.05) is 75.0 Å². The Morgan fingerprint density at radius 3 is 1.89 bits per heavy atom. The van der Waals surface area contributed by atoms with Gasteiger partial charge in [-0.15, -0.1) is 0 Å². The number of carbonyl (C=O) groups excluding carboxylic acids is 2. The van der Waals surface area contributed by atoms with Gasteiger partial charge in [0.1, 0.15) is 11.5 Å². The summed E-state index contributed by atoms with van der Waals surface area (Å²) in [5.74, 6) is 3.48. The second kappa shape index (κ2) is 22.5. The number of esters is 2. The molecule has 0 fully saturated rings. The molecule has 0 spiro atoms. The third-order valence-electron chi connectivity index (χ3n) is 5.98.